The van der Waals surface area contributed by atoms with Gasteiger partial charge < -0.3 is 5.32 Å². The first-order valence-electron chi connectivity index (χ1n) is 8.04. The first-order chi connectivity index (χ1) is 12.8. The number of aryl methyl sites for hydroxylation is 1. The summed E-state index contributed by atoms with van der Waals surface area (Å²) in [5, 5.41) is 2.42. The first kappa shape index (κ1) is 21.7. The third-order valence-corrected chi connectivity index (χ3v) is 6.46. The van der Waals surface area contributed by atoms with Crippen molar-refractivity contribution < 1.29 is 22.0 Å². The molecule has 0 atom stereocenters. The topological polar surface area (TPSA) is 63.2 Å². The van der Waals surface area contributed by atoms with E-state index >= 15 is 0 Å². The van der Waals surface area contributed by atoms with Crippen molar-refractivity contribution in [2.75, 3.05) is 16.8 Å². The van der Waals surface area contributed by atoms with E-state index in [1.807, 2.05) is 30.3 Å². The monoisotopic (exact) mass is 433 g/mol. The molecule has 0 fully saturated rings. The van der Waals surface area contributed by atoms with Crippen molar-refractivity contribution >= 4 is 44.8 Å². The molecule has 27 heavy (non-hydrogen) atoms. The van der Waals surface area contributed by atoms with E-state index in [-0.39, 0.29) is 33.1 Å². The number of anilines is 1. The molecule has 2 aromatic carbocycles. The second-order valence-electron chi connectivity index (χ2n) is 5.72. The molecule has 146 valence electrons. The molecule has 0 unspecified atom stereocenters. The minimum Gasteiger partial charge on any atom is -0.324 e. The Morgan fingerprint density at radius 1 is 1.11 bits per heavy atom. The third-order valence-electron chi connectivity index (χ3n) is 3.56. The second-order valence-corrected chi connectivity index (χ2v) is 9.32. The second kappa shape index (κ2) is 10.1. The Kier molecular flexibility index (Phi) is 8.07. The van der Waals surface area contributed by atoms with Gasteiger partial charge in [-0.05, 0) is 30.5 Å². The van der Waals surface area contributed by atoms with Gasteiger partial charge in [0.2, 0.25) is 5.91 Å². The minimum absolute atomic E-state index is 0.00370. The van der Waals surface area contributed by atoms with E-state index in [0.717, 1.165) is 5.56 Å². The first-order valence-corrected chi connectivity index (χ1v) is 11.1. The summed E-state index contributed by atoms with van der Waals surface area (Å²) in [6.07, 6.45) is 0.981. The van der Waals surface area contributed by atoms with Gasteiger partial charge in [0, 0.05) is 0 Å². The van der Waals surface area contributed by atoms with E-state index in [1.165, 1.54) is 18.2 Å². The van der Waals surface area contributed by atoms with E-state index in [4.69, 9.17) is 11.6 Å². The molecule has 0 aliphatic carbocycles. The molecule has 0 aliphatic rings. The third kappa shape index (κ3) is 7.48. The molecule has 9 heteroatoms. The number of halogens is 3. The SMILES string of the molecule is O=C(CS(=O)(=O)CCCc1ccccc1)Nc1cccc(Cl)c1SC(F)F. The summed E-state index contributed by atoms with van der Waals surface area (Å²) in [6, 6.07) is 13.7. The molecule has 1 amide bonds. The number of thioether (sulfide) groups is 1. The van der Waals surface area contributed by atoms with Gasteiger partial charge in [-0.2, -0.15) is 8.78 Å². The van der Waals surface area contributed by atoms with Crippen molar-refractivity contribution in [3.8, 4) is 0 Å². The lowest BCUT2D eigenvalue weighted by atomic mass is 10.1. The van der Waals surface area contributed by atoms with Crippen LogP contribution in [0.5, 0.6) is 0 Å². The van der Waals surface area contributed by atoms with Gasteiger partial charge in [0.15, 0.2) is 9.84 Å². The maximum absolute atomic E-state index is 12.7. The fourth-order valence-electron chi connectivity index (χ4n) is 2.42. The lowest BCUT2D eigenvalue weighted by Crippen LogP contribution is -2.25. The van der Waals surface area contributed by atoms with Gasteiger partial charge in [-0.15, -0.1) is 0 Å². The maximum Gasteiger partial charge on any atom is 0.289 e. The van der Waals surface area contributed by atoms with E-state index in [2.05, 4.69) is 5.32 Å². The smallest absolute Gasteiger partial charge is 0.289 e. The van der Waals surface area contributed by atoms with Gasteiger partial charge in [0.05, 0.1) is 21.4 Å². The number of carbonyl (C=O) groups excluding carboxylic acids is 1. The van der Waals surface area contributed by atoms with Gasteiger partial charge in [0.25, 0.3) is 5.76 Å². The fraction of sp³-hybridized carbons (Fsp3) is 0.278. The number of rotatable bonds is 9. The highest BCUT2D eigenvalue weighted by molar-refractivity contribution is 7.99. The molecule has 0 heterocycles. The highest BCUT2D eigenvalue weighted by Gasteiger charge is 2.19. The lowest BCUT2D eigenvalue weighted by Gasteiger charge is -2.12. The quantitative estimate of drug-likeness (QED) is 0.585. The Balaban J connectivity index is 1.93. The fourth-order valence-corrected chi connectivity index (χ4v) is 4.53. The summed E-state index contributed by atoms with van der Waals surface area (Å²) in [6.45, 7) is 0. The van der Waals surface area contributed by atoms with E-state index in [0.29, 0.717) is 12.8 Å². The predicted octanol–water partition coefficient (Wildman–Crippen LogP) is 4.64. The van der Waals surface area contributed by atoms with Crippen LogP contribution >= 0.6 is 23.4 Å². The Hall–Kier alpha value is -1.64. The number of hydrogen-bond donors (Lipinski definition) is 1. The number of nitrogens with one attached hydrogen (secondary N) is 1. The zero-order valence-electron chi connectivity index (χ0n) is 14.2. The zero-order valence-corrected chi connectivity index (χ0v) is 16.6. The van der Waals surface area contributed by atoms with Crippen LogP contribution in [0.25, 0.3) is 0 Å². The van der Waals surface area contributed by atoms with Gasteiger partial charge in [0.1, 0.15) is 5.75 Å². The average molecular weight is 434 g/mol. The molecule has 0 bridgehead atoms. The molecule has 0 radical (unpaired) electrons. The van der Waals surface area contributed by atoms with Crippen molar-refractivity contribution in [3.05, 3.63) is 59.1 Å². The van der Waals surface area contributed by atoms with Gasteiger partial charge in [-0.25, -0.2) is 8.42 Å². The van der Waals surface area contributed by atoms with Crippen LogP contribution < -0.4 is 5.32 Å². The van der Waals surface area contributed by atoms with Crippen LogP contribution in [0, 0.1) is 0 Å². The molecule has 0 aliphatic heterocycles. The molecule has 0 saturated heterocycles. The number of alkyl halides is 2. The van der Waals surface area contributed by atoms with Crippen LogP contribution in [-0.4, -0.2) is 31.6 Å². The molecule has 0 aromatic heterocycles. The largest absolute Gasteiger partial charge is 0.324 e. The molecule has 0 saturated carbocycles. The van der Waals surface area contributed by atoms with E-state index in [9.17, 15) is 22.0 Å². The highest BCUT2D eigenvalue weighted by atomic mass is 35.5. The molecule has 1 N–H and O–H groups in total. The van der Waals surface area contributed by atoms with Crippen LogP contribution in [0.2, 0.25) is 5.02 Å². The molecule has 2 rings (SSSR count). The highest BCUT2D eigenvalue weighted by Crippen LogP contribution is 2.37. The Morgan fingerprint density at radius 2 is 1.81 bits per heavy atom. The molecular weight excluding hydrogens is 416 g/mol. The van der Waals surface area contributed by atoms with Gasteiger partial charge in [-0.1, -0.05) is 59.8 Å². The maximum atomic E-state index is 12.7. The van der Waals surface area contributed by atoms with Crippen molar-refractivity contribution in [3.63, 3.8) is 0 Å². The molecule has 4 nitrogen and oxygen atoms in total. The summed E-state index contributed by atoms with van der Waals surface area (Å²) in [4.78, 5) is 12.1. The average Bonchev–Trinajstić information content (AvgIpc) is 2.58. The number of amides is 1. The number of hydrogen-bond acceptors (Lipinski definition) is 4. The van der Waals surface area contributed by atoms with Gasteiger partial charge >= 0.3 is 0 Å². The van der Waals surface area contributed by atoms with Crippen LogP contribution in [0.4, 0.5) is 14.5 Å². The van der Waals surface area contributed by atoms with Crippen LogP contribution in [0.3, 0.4) is 0 Å². The molecular formula is C18H18ClF2NO3S2. The number of benzene rings is 2. The molecule has 0 spiro atoms. The van der Waals surface area contributed by atoms with Crippen molar-refractivity contribution in [1.82, 2.24) is 0 Å². The Morgan fingerprint density at radius 3 is 2.48 bits per heavy atom. The Bertz CT molecular complexity index is 877. The lowest BCUT2D eigenvalue weighted by molar-refractivity contribution is -0.113. The van der Waals surface area contributed by atoms with Crippen molar-refractivity contribution in [1.29, 1.82) is 0 Å². The summed E-state index contributed by atoms with van der Waals surface area (Å²) in [5.74, 6) is -4.35. The van der Waals surface area contributed by atoms with Crippen LogP contribution in [0.1, 0.15) is 12.0 Å². The standard InChI is InChI=1S/C18H18ClF2NO3S2/c19-14-9-4-10-15(17(14)26-18(20)21)22-16(23)12-27(24,25)11-5-8-13-6-2-1-3-7-13/h1-4,6-7,9-10,18H,5,8,11-12H2,(H,22,23). The number of carbonyl (C=O) groups is 1. The summed E-state index contributed by atoms with van der Waals surface area (Å²) in [7, 11) is -3.62. The van der Waals surface area contributed by atoms with Crippen LogP contribution in [-0.2, 0) is 21.1 Å². The predicted molar refractivity (Wildman–Crippen MR) is 105 cm³/mol. The Labute approximate surface area is 166 Å². The molecule has 2 aromatic rings. The van der Waals surface area contributed by atoms with E-state index in [1.54, 1.807) is 0 Å². The zero-order chi connectivity index (χ0) is 19.9. The van der Waals surface area contributed by atoms with E-state index < -0.39 is 27.3 Å². The summed E-state index contributed by atoms with van der Waals surface area (Å²) in [5.41, 5.74) is 1.09. The van der Waals surface area contributed by atoms with Crippen LogP contribution in [0.15, 0.2) is 53.4 Å². The van der Waals surface area contributed by atoms with Crippen molar-refractivity contribution in [2.45, 2.75) is 23.5 Å². The summed E-state index contributed by atoms with van der Waals surface area (Å²) < 4.78 is 49.6. The number of sulfone groups is 1. The van der Waals surface area contributed by atoms with Crippen molar-refractivity contribution in [2.24, 2.45) is 0 Å². The normalized spacial score (nSPS) is 11.6. The minimum atomic E-state index is -3.62. The summed E-state index contributed by atoms with van der Waals surface area (Å²) >= 11 is 6.09. The van der Waals surface area contributed by atoms with Gasteiger partial charge in [-0.3, -0.25) is 4.79 Å².